The van der Waals surface area contributed by atoms with Crippen LogP contribution >= 0.6 is 0 Å². The van der Waals surface area contributed by atoms with Crippen molar-refractivity contribution in [3.63, 3.8) is 0 Å². The van der Waals surface area contributed by atoms with Crippen molar-refractivity contribution in [3.8, 4) is 11.5 Å². The highest BCUT2D eigenvalue weighted by atomic mass is 28.4. The second kappa shape index (κ2) is 9.76. The van der Waals surface area contributed by atoms with E-state index in [2.05, 4.69) is 64.7 Å². The first-order valence-electron chi connectivity index (χ1n) is 13.3. The lowest BCUT2D eigenvalue weighted by Gasteiger charge is -2.47. The molecule has 4 rings (SSSR count). The standard InChI is InChI=1S/C28H47NO4Si/c1-20(2)14-22-18-29-11-10-21-15-26(31-12-9-13-33-34(7,8)27(3,4)5)25(30-6)16-23(21)24(29)17-28(22)19-32-28/h15-16,20,22,24H,9-14,17-19H2,1-8H3/t22-,24-,28?/m1/s1. The molecule has 6 heteroatoms. The number of rotatable bonds is 9. The van der Waals surface area contributed by atoms with E-state index in [1.807, 2.05) is 0 Å². The Hall–Kier alpha value is -1.08. The van der Waals surface area contributed by atoms with Gasteiger partial charge in [0.05, 0.1) is 25.9 Å². The Bertz CT molecular complexity index is 859. The van der Waals surface area contributed by atoms with Gasteiger partial charge in [-0.25, -0.2) is 0 Å². The third-order valence-electron chi connectivity index (χ3n) is 8.72. The molecule has 0 N–H and O–H groups in total. The molecule has 0 radical (unpaired) electrons. The number of methoxy groups -OCH3 is 1. The first-order chi connectivity index (χ1) is 16.0. The molecule has 2 saturated heterocycles. The molecule has 0 aliphatic carbocycles. The van der Waals surface area contributed by atoms with Crippen LogP contribution in [0.1, 0.15) is 71.0 Å². The van der Waals surface area contributed by atoms with E-state index in [4.69, 9.17) is 18.6 Å². The topological polar surface area (TPSA) is 43.5 Å². The first-order valence-corrected chi connectivity index (χ1v) is 16.2. The van der Waals surface area contributed by atoms with Gasteiger partial charge in [-0.1, -0.05) is 34.6 Å². The van der Waals surface area contributed by atoms with Crippen LogP contribution in [0.2, 0.25) is 18.1 Å². The zero-order chi connectivity index (χ0) is 24.7. The predicted octanol–water partition coefficient (Wildman–Crippen LogP) is 6.22. The smallest absolute Gasteiger partial charge is 0.191 e. The molecule has 1 spiro atoms. The van der Waals surface area contributed by atoms with Crippen LogP contribution in [0.3, 0.4) is 0 Å². The van der Waals surface area contributed by atoms with E-state index in [-0.39, 0.29) is 10.6 Å². The first kappa shape index (κ1) is 26.0. The number of hydrogen-bond acceptors (Lipinski definition) is 5. The zero-order valence-corrected chi connectivity index (χ0v) is 23.8. The highest BCUT2D eigenvalue weighted by Crippen LogP contribution is 2.53. The molecular weight excluding hydrogens is 442 g/mol. The van der Waals surface area contributed by atoms with E-state index in [9.17, 15) is 0 Å². The van der Waals surface area contributed by atoms with Crippen molar-refractivity contribution < 1.29 is 18.6 Å². The average molecular weight is 490 g/mol. The summed E-state index contributed by atoms with van der Waals surface area (Å²) in [5.74, 6) is 3.09. The van der Waals surface area contributed by atoms with Crippen LogP contribution < -0.4 is 9.47 Å². The Kier molecular flexibility index (Phi) is 7.46. The molecule has 0 amide bonds. The Labute approximate surface area is 208 Å². The third kappa shape index (κ3) is 5.35. The van der Waals surface area contributed by atoms with Crippen molar-refractivity contribution in [2.75, 3.05) is 40.0 Å². The number of fused-ring (bicyclic) bond motifs is 3. The minimum atomic E-state index is -1.70. The molecule has 0 bridgehead atoms. The second-order valence-corrected chi connectivity index (χ2v) is 17.5. The summed E-state index contributed by atoms with van der Waals surface area (Å²) in [6.07, 6.45) is 4.32. The lowest BCUT2D eigenvalue weighted by atomic mass is 9.74. The minimum absolute atomic E-state index is 0.104. The van der Waals surface area contributed by atoms with Gasteiger partial charge < -0.3 is 18.6 Å². The van der Waals surface area contributed by atoms with Crippen LogP contribution in [0.15, 0.2) is 12.1 Å². The molecule has 3 aliphatic rings. The molecule has 1 unspecified atom stereocenters. The summed E-state index contributed by atoms with van der Waals surface area (Å²) in [7, 11) is 0.0465. The molecule has 0 saturated carbocycles. The van der Waals surface area contributed by atoms with Crippen molar-refractivity contribution in [3.05, 3.63) is 23.3 Å². The van der Waals surface area contributed by atoms with E-state index >= 15 is 0 Å². The van der Waals surface area contributed by atoms with Crippen molar-refractivity contribution in [2.24, 2.45) is 11.8 Å². The van der Waals surface area contributed by atoms with Crippen LogP contribution in [0.4, 0.5) is 0 Å². The summed E-state index contributed by atoms with van der Waals surface area (Å²) in [4.78, 5) is 2.69. The quantitative estimate of drug-likeness (QED) is 0.234. The van der Waals surface area contributed by atoms with Crippen molar-refractivity contribution >= 4 is 8.32 Å². The second-order valence-electron chi connectivity index (χ2n) is 12.7. The van der Waals surface area contributed by atoms with E-state index in [0.29, 0.717) is 24.5 Å². The van der Waals surface area contributed by atoms with Gasteiger partial charge in [0.15, 0.2) is 19.8 Å². The highest BCUT2D eigenvalue weighted by Gasteiger charge is 2.57. The molecular formula is C28H47NO4Si. The lowest BCUT2D eigenvalue weighted by Crippen LogP contribution is -2.50. The highest BCUT2D eigenvalue weighted by molar-refractivity contribution is 6.74. The fourth-order valence-electron chi connectivity index (χ4n) is 5.52. The Morgan fingerprint density at radius 2 is 1.91 bits per heavy atom. The maximum atomic E-state index is 6.31. The van der Waals surface area contributed by atoms with Gasteiger partial charge in [-0.15, -0.1) is 0 Å². The molecule has 0 aromatic heterocycles. The zero-order valence-electron chi connectivity index (χ0n) is 22.8. The van der Waals surface area contributed by atoms with Gasteiger partial charge in [-0.3, -0.25) is 4.90 Å². The van der Waals surface area contributed by atoms with Gasteiger partial charge in [-0.05, 0) is 66.6 Å². The Balaban J connectivity index is 1.40. The predicted molar refractivity (Wildman–Crippen MR) is 141 cm³/mol. The van der Waals surface area contributed by atoms with Crippen LogP contribution in [-0.4, -0.2) is 58.8 Å². The fraction of sp³-hybridized carbons (Fsp3) is 0.786. The van der Waals surface area contributed by atoms with Crippen molar-refractivity contribution in [2.45, 2.75) is 90.1 Å². The van der Waals surface area contributed by atoms with Crippen molar-refractivity contribution in [1.82, 2.24) is 4.90 Å². The number of epoxide rings is 1. The molecule has 34 heavy (non-hydrogen) atoms. The number of hydrogen-bond donors (Lipinski definition) is 0. The molecule has 3 aliphatic heterocycles. The van der Waals surface area contributed by atoms with E-state index < -0.39 is 8.32 Å². The number of ether oxygens (including phenoxy) is 3. The normalized spacial score (nSPS) is 27.0. The third-order valence-corrected chi connectivity index (χ3v) is 13.3. The monoisotopic (exact) mass is 489 g/mol. The minimum Gasteiger partial charge on any atom is -0.493 e. The number of nitrogens with zero attached hydrogens (tertiary/aromatic N) is 1. The molecule has 5 nitrogen and oxygen atoms in total. The molecule has 1 aromatic rings. The Morgan fingerprint density at radius 1 is 1.18 bits per heavy atom. The van der Waals surface area contributed by atoms with Gasteiger partial charge in [0.2, 0.25) is 0 Å². The molecule has 2 fully saturated rings. The molecule has 192 valence electrons. The summed E-state index contributed by atoms with van der Waals surface area (Å²) in [5.41, 5.74) is 2.93. The maximum Gasteiger partial charge on any atom is 0.191 e. The van der Waals surface area contributed by atoms with Gasteiger partial charge >= 0.3 is 0 Å². The van der Waals surface area contributed by atoms with Gasteiger partial charge in [0.25, 0.3) is 0 Å². The SMILES string of the molecule is COc1cc2c(cc1OCCCO[Si](C)(C)C(C)(C)C)CCN1C[C@@H](CC(C)C)C3(CO3)C[C@H]21. The van der Waals surface area contributed by atoms with Crippen LogP contribution in [0.25, 0.3) is 0 Å². The van der Waals surface area contributed by atoms with Gasteiger partial charge in [-0.2, -0.15) is 0 Å². The van der Waals surface area contributed by atoms with E-state index in [1.165, 1.54) is 17.5 Å². The molecule has 1 aromatic carbocycles. The van der Waals surface area contributed by atoms with E-state index in [0.717, 1.165) is 57.1 Å². The van der Waals surface area contributed by atoms with Gasteiger partial charge in [0.1, 0.15) is 0 Å². The van der Waals surface area contributed by atoms with Crippen LogP contribution in [0.5, 0.6) is 11.5 Å². The van der Waals surface area contributed by atoms with Crippen molar-refractivity contribution in [1.29, 1.82) is 0 Å². The van der Waals surface area contributed by atoms with Crippen LogP contribution in [0, 0.1) is 11.8 Å². The average Bonchev–Trinajstić information content (AvgIpc) is 3.52. The largest absolute Gasteiger partial charge is 0.493 e. The summed E-state index contributed by atoms with van der Waals surface area (Å²) in [5, 5.41) is 0.238. The van der Waals surface area contributed by atoms with E-state index in [1.54, 1.807) is 7.11 Å². The Morgan fingerprint density at radius 3 is 2.53 bits per heavy atom. The maximum absolute atomic E-state index is 6.31. The molecule has 3 heterocycles. The fourth-order valence-corrected chi connectivity index (χ4v) is 6.61. The number of piperidine rings is 1. The number of benzene rings is 1. The summed E-state index contributed by atoms with van der Waals surface area (Å²) in [6, 6.07) is 4.91. The van der Waals surface area contributed by atoms with Crippen LogP contribution in [-0.2, 0) is 15.6 Å². The summed E-state index contributed by atoms with van der Waals surface area (Å²) >= 11 is 0. The van der Waals surface area contributed by atoms with Gasteiger partial charge in [0, 0.05) is 38.1 Å². The summed E-state index contributed by atoms with van der Waals surface area (Å²) < 4.78 is 24.4. The molecule has 3 atom stereocenters. The summed E-state index contributed by atoms with van der Waals surface area (Å²) in [6.45, 7) is 20.7. The lowest BCUT2D eigenvalue weighted by molar-refractivity contribution is 0.0224.